The standard InChI is InChI=1S/C45H33N5/c1-30-27-37(31-23-25-38(26-24-31)50-29-46-40-17-8-9-18-41(40)50)28-36-15-10-16-39(42(30)36)32-19-21-35(22-20-32)45-48-43(33-11-4-2-5-12-33)47-44(49-45)34-13-6-3-7-14-34/h2-30,42H,1H3. The summed E-state index contributed by atoms with van der Waals surface area (Å²) in [6.07, 6.45) is 13.4. The largest absolute Gasteiger partial charge is 0.299 e. The van der Waals surface area contributed by atoms with Crippen molar-refractivity contribution in [3.8, 4) is 39.9 Å². The van der Waals surface area contributed by atoms with Crippen LogP contribution in [0.5, 0.6) is 0 Å². The molecule has 50 heavy (non-hydrogen) atoms. The number of nitrogens with zero attached hydrogens (tertiary/aromatic N) is 5. The summed E-state index contributed by atoms with van der Waals surface area (Å²) in [6, 6.07) is 45.9. The van der Waals surface area contributed by atoms with Crippen molar-refractivity contribution < 1.29 is 0 Å². The van der Waals surface area contributed by atoms with Crippen LogP contribution in [0.15, 0.2) is 176 Å². The maximum absolute atomic E-state index is 4.92. The van der Waals surface area contributed by atoms with Crippen LogP contribution in [0.3, 0.4) is 0 Å². The van der Waals surface area contributed by atoms with Crippen molar-refractivity contribution in [1.29, 1.82) is 0 Å². The van der Waals surface area contributed by atoms with Crippen LogP contribution in [0, 0.1) is 11.8 Å². The molecule has 5 aromatic carbocycles. The van der Waals surface area contributed by atoms with Gasteiger partial charge in [0, 0.05) is 28.3 Å². The van der Waals surface area contributed by atoms with Gasteiger partial charge in [-0.1, -0.05) is 146 Å². The number of hydrogen-bond acceptors (Lipinski definition) is 4. The van der Waals surface area contributed by atoms with Crippen LogP contribution in [-0.4, -0.2) is 24.5 Å². The van der Waals surface area contributed by atoms with E-state index in [0.717, 1.165) is 33.4 Å². The van der Waals surface area contributed by atoms with Crippen molar-refractivity contribution in [2.24, 2.45) is 11.8 Å². The van der Waals surface area contributed by atoms with Gasteiger partial charge in [-0.3, -0.25) is 4.57 Å². The second-order valence-corrected chi connectivity index (χ2v) is 12.9. The smallest absolute Gasteiger partial charge is 0.164 e. The molecule has 5 nitrogen and oxygen atoms in total. The lowest BCUT2D eigenvalue weighted by Gasteiger charge is -2.32. The predicted molar refractivity (Wildman–Crippen MR) is 203 cm³/mol. The molecule has 9 rings (SSSR count). The zero-order chi connectivity index (χ0) is 33.4. The van der Waals surface area contributed by atoms with E-state index < -0.39 is 0 Å². The first-order chi connectivity index (χ1) is 24.7. The molecule has 7 aromatic rings. The second kappa shape index (κ2) is 12.5. The number of aromatic nitrogens is 5. The van der Waals surface area contributed by atoms with Crippen LogP contribution in [0.4, 0.5) is 0 Å². The van der Waals surface area contributed by atoms with Crippen LogP contribution < -0.4 is 0 Å². The van der Waals surface area contributed by atoms with Gasteiger partial charge in [-0.2, -0.15) is 0 Å². The molecule has 2 unspecified atom stereocenters. The summed E-state index contributed by atoms with van der Waals surface area (Å²) in [7, 11) is 0. The van der Waals surface area contributed by atoms with Gasteiger partial charge in [0.2, 0.25) is 0 Å². The van der Waals surface area contributed by atoms with E-state index in [4.69, 9.17) is 15.0 Å². The molecule has 0 saturated carbocycles. The quantitative estimate of drug-likeness (QED) is 0.181. The fourth-order valence-electron chi connectivity index (χ4n) is 7.17. The van der Waals surface area contributed by atoms with E-state index in [1.807, 2.05) is 79.1 Å². The molecule has 5 heteroatoms. The van der Waals surface area contributed by atoms with E-state index in [1.54, 1.807) is 0 Å². The molecule has 2 atom stereocenters. The van der Waals surface area contributed by atoms with Crippen molar-refractivity contribution in [2.75, 3.05) is 0 Å². The molecule has 0 amide bonds. The van der Waals surface area contributed by atoms with Crippen molar-refractivity contribution in [3.63, 3.8) is 0 Å². The highest BCUT2D eigenvalue weighted by Crippen LogP contribution is 2.44. The summed E-state index contributed by atoms with van der Waals surface area (Å²) in [5.74, 6) is 2.59. The first-order valence-corrected chi connectivity index (χ1v) is 17.0. The fourth-order valence-corrected chi connectivity index (χ4v) is 7.17. The van der Waals surface area contributed by atoms with Gasteiger partial charge in [0.25, 0.3) is 0 Å². The van der Waals surface area contributed by atoms with Gasteiger partial charge in [-0.15, -0.1) is 0 Å². The molecule has 2 aromatic heterocycles. The predicted octanol–water partition coefficient (Wildman–Crippen LogP) is 10.4. The third-order valence-electron chi connectivity index (χ3n) is 9.66. The summed E-state index contributed by atoms with van der Waals surface area (Å²) in [5, 5.41) is 0. The van der Waals surface area contributed by atoms with Gasteiger partial charge >= 0.3 is 0 Å². The molecular formula is C45H33N5. The Hall–Kier alpha value is -6.46. The van der Waals surface area contributed by atoms with Crippen molar-refractivity contribution >= 4 is 22.2 Å². The Labute approximate surface area is 291 Å². The Balaban J connectivity index is 0.989. The number of fused-ring (bicyclic) bond motifs is 2. The van der Waals surface area contributed by atoms with Crippen molar-refractivity contribution in [2.45, 2.75) is 6.92 Å². The van der Waals surface area contributed by atoms with Gasteiger partial charge in [-0.25, -0.2) is 19.9 Å². The maximum Gasteiger partial charge on any atom is 0.164 e. The summed E-state index contributed by atoms with van der Waals surface area (Å²) >= 11 is 0. The zero-order valence-corrected chi connectivity index (χ0v) is 27.6. The van der Waals surface area contributed by atoms with Crippen LogP contribution in [0.1, 0.15) is 18.1 Å². The molecule has 0 N–H and O–H groups in total. The van der Waals surface area contributed by atoms with Crippen molar-refractivity contribution in [3.05, 3.63) is 187 Å². The van der Waals surface area contributed by atoms with Crippen LogP contribution in [-0.2, 0) is 0 Å². The lowest BCUT2D eigenvalue weighted by molar-refractivity contribution is 0.600. The third-order valence-corrected chi connectivity index (χ3v) is 9.66. The number of benzene rings is 5. The van der Waals surface area contributed by atoms with E-state index in [-0.39, 0.29) is 5.92 Å². The van der Waals surface area contributed by atoms with E-state index in [2.05, 4.69) is 108 Å². The van der Waals surface area contributed by atoms with Crippen LogP contribution >= 0.6 is 0 Å². The number of allylic oxidation sites excluding steroid dienone is 8. The molecule has 0 fully saturated rings. The minimum atomic E-state index is 0.276. The number of imidazole rings is 1. The molecule has 0 saturated heterocycles. The van der Waals surface area contributed by atoms with Crippen LogP contribution in [0.25, 0.3) is 62.0 Å². The first kappa shape index (κ1) is 29.7. The molecule has 0 spiro atoms. The van der Waals surface area contributed by atoms with Gasteiger partial charge in [0.15, 0.2) is 17.5 Å². The fraction of sp³-hybridized carbons (Fsp3) is 0.0667. The monoisotopic (exact) mass is 643 g/mol. The molecular weight excluding hydrogens is 611 g/mol. The Morgan fingerprint density at radius 3 is 1.78 bits per heavy atom. The lowest BCUT2D eigenvalue weighted by atomic mass is 9.71. The molecule has 2 aliphatic carbocycles. The average Bonchev–Trinajstić information content (AvgIpc) is 3.63. The highest BCUT2D eigenvalue weighted by molar-refractivity contribution is 5.84. The Kier molecular flexibility index (Phi) is 7.43. The summed E-state index contributed by atoms with van der Waals surface area (Å²) in [4.78, 5) is 19.2. The van der Waals surface area contributed by atoms with Gasteiger partial charge < -0.3 is 0 Å². The molecule has 238 valence electrons. The summed E-state index contributed by atoms with van der Waals surface area (Å²) < 4.78 is 2.14. The molecule has 2 aliphatic rings. The lowest BCUT2D eigenvalue weighted by Crippen LogP contribution is -2.19. The third kappa shape index (κ3) is 5.49. The van der Waals surface area contributed by atoms with E-state index in [0.29, 0.717) is 23.4 Å². The number of para-hydroxylation sites is 2. The maximum atomic E-state index is 4.92. The van der Waals surface area contributed by atoms with E-state index in [1.165, 1.54) is 27.8 Å². The topological polar surface area (TPSA) is 56.5 Å². The highest BCUT2D eigenvalue weighted by Gasteiger charge is 2.29. The zero-order valence-electron chi connectivity index (χ0n) is 27.6. The van der Waals surface area contributed by atoms with Crippen molar-refractivity contribution in [1.82, 2.24) is 24.5 Å². The summed E-state index contributed by atoms with van der Waals surface area (Å²) in [6.45, 7) is 2.33. The van der Waals surface area contributed by atoms with Gasteiger partial charge in [-0.05, 0) is 58.0 Å². The van der Waals surface area contributed by atoms with Gasteiger partial charge in [0.05, 0.1) is 11.0 Å². The first-order valence-electron chi connectivity index (χ1n) is 17.0. The SMILES string of the molecule is CC1C=C(c2ccc(-n3cnc4ccccc43)cc2)C=C2C=CC=C(c3ccc(-c4nc(-c5ccccc5)nc(-c5ccccc5)n4)cc3)C21. The van der Waals surface area contributed by atoms with E-state index in [9.17, 15) is 0 Å². The number of hydrogen-bond donors (Lipinski definition) is 0. The minimum Gasteiger partial charge on any atom is -0.299 e. The minimum absolute atomic E-state index is 0.276. The van der Waals surface area contributed by atoms with Gasteiger partial charge in [0.1, 0.15) is 6.33 Å². The van der Waals surface area contributed by atoms with Crippen LogP contribution in [0.2, 0.25) is 0 Å². The molecule has 0 aliphatic heterocycles. The second-order valence-electron chi connectivity index (χ2n) is 12.9. The molecule has 2 heterocycles. The average molecular weight is 644 g/mol. The number of rotatable bonds is 6. The Morgan fingerprint density at radius 1 is 0.560 bits per heavy atom. The molecule has 0 bridgehead atoms. The summed E-state index contributed by atoms with van der Waals surface area (Å²) in [5.41, 5.74) is 12.4. The Bertz CT molecular complexity index is 2410. The highest BCUT2D eigenvalue weighted by atomic mass is 15.0. The Morgan fingerprint density at radius 2 is 1.12 bits per heavy atom. The normalized spacial score (nSPS) is 16.8. The molecule has 0 radical (unpaired) electrons. The van der Waals surface area contributed by atoms with E-state index >= 15 is 0 Å².